The molecule has 3 heterocycles. The third-order valence-corrected chi connectivity index (χ3v) is 5.32. The van der Waals surface area contributed by atoms with Crippen LogP contribution in [0.15, 0.2) is 54.9 Å². The summed E-state index contributed by atoms with van der Waals surface area (Å²) in [5.74, 6) is 1.60. The summed E-state index contributed by atoms with van der Waals surface area (Å²) in [6.45, 7) is 2.24. The van der Waals surface area contributed by atoms with Gasteiger partial charge in [0.1, 0.15) is 11.4 Å². The minimum absolute atomic E-state index is 0.241. The third-order valence-electron chi connectivity index (χ3n) is 5.32. The fourth-order valence-corrected chi connectivity index (χ4v) is 3.84. The van der Waals surface area contributed by atoms with Crippen molar-refractivity contribution < 1.29 is 9.53 Å². The van der Waals surface area contributed by atoms with Crippen LogP contribution in [0.4, 0.5) is 0 Å². The molecule has 0 aliphatic carbocycles. The molecule has 1 aliphatic heterocycles. The van der Waals surface area contributed by atoms with Gasteiger partial charge >= 0.3 is 0 Å². The van der Waals surface area contributed by atoms with Crippen molar-refractivity contribution in [2.75, 3.05) is 19.7 Å². The van der Waals surface area contributed by atoms with Crippen LogP contribution in [0.1, 0.15) is 37.2 Å². The number of benzene rings is 1. The van der Waals surface area contributed by atoms with Crippen LogP contribution in [-0.4, -0.2) is 40.5 Å². The number of hydrogen-bond donors (Lipinski definition) is 1. The largest absolute Gasteiger partial charge is 0.494 e. The van der Waals surface area contributed by atoms with Gasteiger partial charge in [-0.15, -0.1) is 0 Å². The van der Waals surface area contributed by atoms with Crippen molar-refractivity contribution in [2.45, 2.75) is 31.6 Å². The fraction of sp³-hybridized carbons (Fsp3) is 0.364. The number of carbonyl (C=O) groups is 1. The SMILES string of the molecule is O=C(CCCOc1ccccc1)N1CCC(c2c[nH]c3ncccc23)CC1. The van der Waals surface area contributed by atoms with E-state index in [-0.39, 0.29) is 5.91 Å². The Hall–Kier alpha value is -2.82. The van der Waals surface area contributed by atoms with Gasteiger partial charge in [-0.05, 0) is 55.0 Å². The predicted octanol–water partition coefficient (Wildman–Crippen LogP) is 4.13. The van der Waals surface area contributed by atoms with Crippen LogP contribution in [0.5, 0.6) is 5.75 Å². The minimum atomic E-state index is 0.241. The minimum Gasteiger partial charge on any atom is -0.494 e. The lowest BCUT2D eigenvalue weighted by molar-refractivity contribution is -0.132. The number of nitrogens with zero attached hydrogens (tertiary/aromatic N) is 2. The number of hydrogen-bond acceptors (Lipinski definition) is 3. The third kappa shape index (κ3) is 4.13. The molecule has 0 saturated carbocycles. The Morgan fingerprint density at radius 1 is 1.15 bits per heavy atom. The summed E-state index contributed by atoms with van der Waals surface area (Å²) in [5, 5.41) is 1.21. The van der Waals surface area contributed by atoms with E-state index in [1.807, 2.05) is 47.5 Å². The Morgan fingerprint density at radius 3 is 2.78 bits per heavy atom. The van der Waals surface area contributed by atoms with Crippen molar-refractivity contribution in [1.29, 1.82) is 0 Å². The summed E-state index contributed by atoms with van der Waals surface area (Å²) in [5.41, 5.74) is 2.28. The van der Waals surface area contributed by atoms with Crippen molar-refractivity contribution in [3.05, 3.63) is 60.4 Å². The van der Waals surface area contributed by atoms with Gasteiger partial charge in [-0.25, -0.2) is 4.98 Å². The van der Waals surface area contributed by atoms with Crippen LogP contribution in [0, 0.1) is 0 Å². The fourth-order valence-electron chi connectivity index (χ4n) is 3.84. The Balaban J connectivity index is 1.23. The van der Waals surface area contributed by atoms with Gasteiger partial charge in [-0.2, -0.15) is 0 Å². The van der Waals surface area contributed by atoms with Gasteiger partial charge in [0.25, 0.3) is 0 Å². The molecule has 1 fully saturated rings. The van der Waals surface area contributed by atoms with Crippen LogP contribution in [0.25, 0.3) is 11.0 Å². The molecule has 2 aromatic heterocycles. The second-order valence-electron chi connectivity index (χ2n) is 7.06. The number of nitrogens with one attached hydrogen (secondary N) is 1. The Kier molecular flexibility index (Phi) is 5.37. The van der Waals surface area contributed by atoms with E-state index in [0.717, 1.165) is 43.7 Å². The number of para-hydroxylation sites is 1. The maximum Gasteiger partial charge on any atom is 0.222 e. The highest BCUT2D eigenvalue weighted by atomic mass is 16.5. The van der Waals surface area contributed by atoms with E-state index in [1.165, 1.54) is 10.9 Å². The Bertz CT molecular complexity index is 883. The zero-order chi connectivity index (χ0) is 18.5. The average molecular weight is 363 g/mol. The van der Waals surface area contributed by atoms with Gasteiger partial charge in [0.05, 0.1) is 6.61 Å². The number of amides is 1. The molecule has 0 unspecified atom stereocenters. The second kappa shape index (κ2) is 8.25. The highest BCUT2D eigenvalue weighted by Gasteiger charge is 2.25. The van der Waals surface area contributed by atoms with Gasteiger partial charge < -0.3 is 14.6 Å². The number of pyridine rings is 1. The molecule has 0 bridgehead atoms. The summed E-state index contributed by atoms with van der Waals surface area (Å²) in [7, 11) is 0. The first-order valence-electron chi connectivity index (χ1n) is 9.69. The van der Waals surface area contributed by atoms with Crippen LogP contribution in [-0.2, 0) is 4.79 Å². The van der Waals surface area contributed by atoms with Crippen LogP contribution < -0.4 is 4.74 Å². The number of ether oxygens (including phenoxy) is 1. The first-order chi connectivity index (χ1) is 13.3. The molecule has 3 aromatic rings. The quantitative estimate of drug-likeness (QED) is 0.670. The van der Waals surface area contributed by atoms with Gasteiger partial charge in [0.2, 0.25) is 5.91 Å². The molecule has 0 atom stereocenters. The zero-order valence-corrected chi connectivity index (χ0v) is 15.4. The molecule has 5 nitrogen and oxygen atoms in total. The molecule has 1 aliphatic rings. The summed E-state index contributed by atoms with van der Waals surface area (Å²) < 4.78 is 5.67. The molecule has 140 valence electrons. The number of carbonyl (C=O) groups excluding carboxylic acids is 1. The normalized spacial score (nSPS) is 15.2. The zero-order valence-electron chi connectivity index (χ0n) is 15.4. The maximum absolute atomic E-state index is 12.5. The Labute approximate surface area is 159 Å². The van der Waals surface area contributed by atoms with Crippen molar-refractivity contribution in [2.24, 2.45) is 0 Å². The molecular formula is C22H25N3O2. The molecule has 1 saturated heterocycles. The molecule has 0 radical (unpaired) electrons. The Morgan fingerprint density at radius 2 is 1.96 bits per heavy atom. The lowest BCUT2D eigenvalue weighted by atomic mass is 9.89. The lowest BCUT2D eigenvalue weighted by Crippen LogP contribution is -2.37. The molecule has 5 heteroatoms. The van der Waals surface area contributed by atoms with Gasteiger partial charge in [-0.3, -0.25) is 4.79 Å². The highest BCUT2D eigenvalue weighted by molar-refractivity contribution is 5.80. The van der Waals surface area contributed by atoms with E-state index in [4.69, 9.17) is 4.74 Å². The van der Waals surface area contributed by atoms with Crippen LogP contribution in [0.2, 0.25) is 0 Å². The topological polar surface area (TPSA) is 58.2 Å². The lowest BCUT2D eigenvalue weighted by Gasteiger charge is -2.32. The van der Waals surface area contributed by atoms with Crippen LogP contribution >= 0.6 is 0 Å². The van der Waals surface area contributed by atoms with E-state index >= 15 is 0 Å². The maximum atomic E-state index is 12.5. The number of piperidine rings is 1. The first kappa shape index (κ1) is 17.6. The number of H-pyrrole nitrogens is 1. The monoisotopic (exact) mass is 363 g/mol. The van der Waals surface area contributed by atoms with E-state index in [2.05, 4.69) is 22.2 Å². The van der Waals surface area contributed by atoms with E-state index < -0.39 is 0 Å². The highest BCUT2D eigenvalue weighted by Crippen LogP contribution is 2.32. The van der Waals surface area contributed by atoms with Gasteiger partial charge in [0, 0.05) is 37.3 Å². The van der Waals surface area contributed by atoms with Crippen molar-refractivity contribution in [3.63, 3.8) is 0 Å². The van der Waals surface area contributed by atoms with Crippen molar-refractivity contribution in [3.8, 4) is 5.75 Å². The summed E-state index contributed by atoms with van der Waals surface area (Å²) >= 11 is 0. The van der Waals surface area contributed by atoms with Gasteiger partial charge in [-0.1, -0.05) is 18.2 Å². The number of aromatic nitrogens is 2. The predicted molar refractivity (Wildman–Crippen MR) is 106 cm³/mol. The smallest absolute Gasteiger partial charge is 0.222 e. The van der Waals surface area contributed by atoms with E-state index in [0.29, 0.717) is 18.9 Å². The van der Waals surface area contributed by atoms with E-state index in [1.54, 1.807) is 0 Å². The van der Waals surface area contributed by atoms with Gasteiger partial charge in [0.15, 0.2) is 0 Å². The number of aromatic amines is 1. The second-order valence-corrected chi connectivity index (χ2v) is 7.06. The molecule has 1 amide bonds. The van der Waals surface area contributed by atoms with Crippen LogP contribution in [0.3, 0.4) is 0 Å². The number of likely N-dealkylation sites (tertiary alicyclic amines) is 1. The molecule has 1 N–H and O–H groups in total. The first-order valence-corrected chi connectivity index (χ1v) is 9.69. The van der Waals surface area contributed by atoms with E-state index in [9.17, 15) is 4.79 Å². The summed E-state index contributed by atoms with van der Waals surface area (Å²) in [6.07, 6.45) is 7.21. The standard InChI is InChI=1S/C22H25N3O2/c26-21(9-5-15-27-18-6-2-1-3-7-18)25-13-10-17(11-14-25)20-16-24-22-19(20)8-4-12-23-22/h1-4,6-8,12,16-17H,5,9-11,13-15H2,(H,23,24). The average Bonchev–Trinajstić information content (AvgIpc) is 3.16. The van der Waals surface area contributed by atoms with Crippen molar-refractivity contribution >= 4 is 16.9 Å². The number of rotatable bonds is 6. The summed E-state index contributed by atoms with van der Waals surface area (Å²) in [6, 6.07) is 13.9. The molecule has 4 rings (SSSR count). The number of fused-ring (bicyclic) bond motifs is 1. The molecular weight excluding hydrogens is 338 g/mol. The summed E-state index contributed by atoms with van der Waals surface area (Å²) in [4.78, 5) is 22.1. The molecule has 1 aromatic carbocycles. The molecule has 0 spiro atoms. The molecule has 27 heavy (non-hydrogen) atoms. The van der Waals surface area contributed by atoms with Crippen molar-refractivity contribution in [1.82, 2.24) is 14.9 Å².